The van der Waals surface area contributed by atoms with Gasteiger partial charge in [-0.2, -0.15) is 0 Å². The normalized spacial score (nSPS) is 11.3. The van der Waals surface area contributed by atoms with Crippen LogP contribution in [-0.4, -0.2) is 29.5 Å². The van der Waals surface area contributed by atoms with Crippen molar-refractivity contribution in [3.8, 4) is 5.75 Å². The zero-order chi connectivity index (χ0) is 20.5. The Balaban J connectivity index is 2.14. The quantitative estimate of drug-likeness (QED) is 0.276. The van der Waals surface area contributed by atoms with Gasteiger partial charge < -0.3 is 10.2 Å². The summed E-state index contributed by atoms with van der Waals surface area (Å²) < 4.78 is 28.8. The highest BCUT2D eigenvalue weighted by atomic mass is 79.9. The molecule has 144 valence electrons. The molecule has 0 aliphatic rings. The molecular formula is C19H14BrNO5S2. The summed E-state index contributed by atoms with van der Waals surface area (Å²) in [6.07, 6.45) is -0.458. The maximum Gasteiger partial charge on any atom is 0.308 e. The van der Waals surface area contributed by atoms with Crippen LogP contribution in [0.25, 0.3) is 10.8 Å². The number of thiocarbonyl (C=S) groups is 1. The second-order valence-corrected chi connectivity index (χ2v) is 9.01. The number of carboxylic acids is 1. The predicted octanol–water partition coefficient (Wildman–Crippen LogP) is 4.30. The Bertz CT molecular complexity index is 1190. The number of hydrogen-bond acceptors (Lipinski definition) is 5. The number of rotatable bonds is 6. The third-order valence-electron chi connectivity index (χ3n) is 4.00. The van der Waals surface area contributed by atoms with Gasteiger partial charge in [-0.15, -0.1) is 0 Å². The number of carbonyl (C=O) groups is 1. The fourth-order valence-electron chi connectivity index (χ4n) is 2.71. The zero-order valence-corrected chi connectivity index (χ0v) is 17.4. The van der Waals surface area contributed by atoms with Gasteiger partial charge in [0.05, 0.1) is 17.0 Å². The van der Waals surface area contributed by atoms with E-state index < -0.39 is 22.4 Å². The van der Waals surface area contributed by atoms with Gasteiger partial charge in [0, 0.05) is 25.7 Å². The summed E-state index contributed by atoms with van der Waals surface area (Å²) in [6, 6.07) is 14.1. The van der Waals surface area contributed by atoms with E-state index in [-0.39, 0.29) is 26.8 Å². The number of carboxylic acid groups (broad SMARTS) is 1. The maximum absolute atomic E-state index is 12.8. The summed E-state index contributed by atoms with van der Waals surface area (Å²) in [5.41, 5.74) is 0.295. The Hall–Kier alpha value is -2.49. The van der Waals surface area contributed by atoms with Crippen LogP contribution in [0.1, 0.15) is 12.0 Å². The minimum atomic E-state index is -3.91. The van der Waals surface area contributed by atoms with Gasteiger partial charge in [-0.1, -0.05) is 52.4 Å². The van der Waals surface area contributed by atoms with E-state index in [1.54, 1.807) is 36.4 Å². The van der Waals surface area contributed by atoms with Crippen molar-refractivity contribution < 1.29 is 23.4 Å². The first-order valence-corrected chi connectivity index (χ1v) is 10.7. The van der Waals surface area contributed by atoms with Crippen LogP contribution >= 0.6 is 28.1 Å². The van der Waals surface area contributed by atoms with E-state index in [4.69, 9.17) is 17.3 Å². The van der Waals surface area contributed by atoms with Gasteiger partial charge in [0.25, 0.3) is 10.0 Å². The second-order valence-electron chi connectivity index (χ2n) is 5.92. The average molecular weight is 480 g/mol. The number of sulfonamides is 1. The lowest BCUT2D eigenvalue weighted by atomic mass is 10.0. The highest BCUT2D eigenvalue weighted by molar-refractivity contribution is 9.10. The van der Waals surface area contributed by atoms with Crippen LogP contribution in [0.4, 0.5) is 5.69 Å². The molecule has 0 aliphatic carbocycles. The Kier molecular flexibility index (Phi) is 5.69. The molecule has 6 nitrogen and oxygen atoms in total. The van der Waals surface area contributed by atoms with Crippen LogP contribution in [0.3, 0.4) is 0 Å². The smallest absolute Gasteiger partial charge is 0.308 e. The number of fused-ring (bicyclic) bond motifs is 1. The number of phenolic OH excluding ortho intramolecular Hbond substituents is 1. The molecule has 0 bridgehead atoms. The summed E-state index contributed by atoms with van der Waals surface area (Å²) in [5, 5.41) is 20.4. The molecule has 0 radical (unpaired) electrons. The van der Waals surface area contributed by atoms with Crippen molar-refractivity contribution in [2.45, 2.75) is 11.3 Å². The third-order valence-corrected chi connectivity index (χ3v) is 6.27. The number of hydrogen-bond donors (Lipinski definition) is 3. The van der Waals surface area contributed by atoms with E-state index in [2.05, 4.69) is 20.7 Å². The van der Waals surface area contributed by atoms with Crippen molar-refractivity contribution >= 4 is 65.5 Å². The minimum absolute atomic E-state index is 0.000146. The first kappa shape index (κ1) is 20.2. The van der Waals surface area contributed by atoms with Crippen LogP contribution in [0.2, 0.25) is 0 Å². The Morgan fingerprint density at radius 2 is 1.68 bits per heavy atom. The van der Waals surface area contributed by atoms with Gasteiger partial charge in [-0.25, -0.2) is 8.42 Å². The average Bonchev–Trinajstić information content (AvgIpc) is 2.63. The first-order chi connectivity index (χ1) is 13.2. The largest absolute Gasteiger partial charge is 0.507 e. The molecule has 0 saturated heterocycles. The van der Waals surface area contributed by atoms with Crippen molar-refractivity contribution in [3.63, 3.8) is 0 Å². The molecule has 9 heteroatoms. The number of benzene rings is 3. The molecule has 0 aromatic heterocycles. The summed E-state index contributed by atoms with van der Waals surface area (Å²) in [4.78, 5) is 11.1. The number of aliphatic carboxylic acids is 1. The van der Waals surface area contributed by atoms with Gasteiger partial charge in [-0.05, 0) is 30.3 Å². The maximum atomic E-state index is 12.8. The van der Waals surface area contributed by atoms with E-state index >= 15 is 0 Å². The molecule has 0 spiro atoms. The fraction of sp³-hybridized carbons (Fsp3) is 0.0526. The summed E-state index contributed by atoms with van der Waals surface area (Å²) in [5.74, 6) is -1.33. The lowest BCUT2D eigenvalue weighted by Gasteiger charge is -2.15. The van der Waals surface area contributed by atoms with Crippen molar-refractivity contribution in [1.82, 2.24) is 0 Å². The summed E-state index contributed by atoms with van der Waals surface area (Å²) >= 11 is 8.39. The molecular weight excluding hydrogens is 466 g/mol. The number of aromatic hydroxyl groups is 1. The molecule has 0 fully saturated rings. The SMILES string of the molecule is O=C(O)CC(=S)c1cc(NS(=O)(=O)c2ccc(Br)cc2)c2ccccc2c1O. The molecule has 0 unspecified atom stereocenters. The molecule has 3 rings (SSSR count). The molecule has 0 amide bonds. The predicted molar refractivity (Wildman–Crippen MR) is 115 cm³/mol. The van der Waals surface area contributed by atoms with Gasteiger partial charge in [0.1, 0.15) is 5.75 Å². The van der Waals surface area contributed by atoms with E-state index in [0.717, 1.165) is 4.47 Å². The van der Waals surface area contributed by atoms with E-state index in [1.807, 2.05) is 0 Å². The monoisotopic (exact) mass is 479 g/mol. The first-order valence-electron chi connectivity index (χ1n) is 7.97. The van der Waals surface area contributed by atoms with Crippen LogP contribution < -0.4 is 4.72 Å². The molecule has 0 saturated carbocycles. The standard InChI is InChI=1S/C19H14BrNO5S2/c20-11-5-7-12(8-6-11)28(25,26)21-16-9-15(17(27)10-18(22)23)19(24)14-4-2-1-3-13(14)16/h1-9,21,24H,10H2,(H,22,23). The number of anilines is 1. The van der Waals surface area contributed by atoms with Crippen molar-refractivity contribution in [1.29, 1.82) is 0 Å². The zero-order valence-electron chi connectivity index (χ0n) is 14.2. The highest BCUT2D eigenvalue weighted by Crippen LogP contribution is 2.36. The van der Waals surface area contributed by atoms with Crippen LogP contribution in [0, 0.1) is 0 Å². The van der Waals surface area contributed by atoms with Gasteiger partial charge >= 0.3 is 5.97 Å². The minimum Gasteiger partial charge on any atom is -0.507 e. The van der Waals surface area contributed by atoms with Crippen LogP contribution in [0.15, 0.2) is 64.0 Å². The van der Waals surface area contributed by atoms with Gasteiger partial charge in [0.15, 0.2) is 0 Å². The van der Waals surface area contributed by atoms with Crippen molar-refractivity contribution in [2.75, 3.05) is 4.72 Å². The molecule has 0 atom stereocenters. The van der Waals surface area contributed by atoms with Crippen LogP contribution in [-0.2, 0) is 14.8 Å². The van der Waals surface area contributed by atoms with Crippen molar-refractivity contribution in [2.24, 2.45) is 0 Å². The van der Waals surface area contributed by atoms with Gasteiger partial charge in [0.2, 0.25) is 0 Å². The second kappa shape index (κ2) is 7.86. The Morgan fingerprint density at radius 1 is 1.07 bits per heavy atom. The van der Waals surface area contributed by atoms with E-state index in [9.17, 15) is 18.3 Å². The Morgan fingerprint density at radius 3 is 2.29 bits per heavy atom. The lowest BCUT2D eigenvalue weighted by Crippen LogP contribution is -2.14. The molecule has 0 aliphatic heterocycles. The highest BCUT2D eigenvalue weighted by Gasteiger charge is 2.20. The van der Waals surface area contributed by atoms with Gasteiger partial charge in [-0.3, -0.25) is 9.52 Å². The summed E-state index contributed by atoms with van der Waals surface area (Å²) in [7, 11) is -3.91. The lowest BCUT2D eigenvalue weighted by molar-refractivity contribution is -0.135. The van der Waals surface area contributed by atoms with Crippen molar-refractivity contribution in [3.05, 3.63) is 64.6 Å². The molecule has 0 heterocycles. The van der Waals surface area contributed by atoms with E-state index in [1.165, 1.54) is 18.2 Å². The Labute approximate surface area is 175 Å². The third kappa shape index (κ3) is 4.16. The topological polar surface area (TPSA) is 104 Å². The van der Waals surface area contributed by atoms with Crippen LogP contribution in [0.5, 0.6) is 5.75 Å². The number of halogens is 1. The molecule has 3 N–H and O–H groups in total. The molecule has 28 heavy (non-hydrogen) atoms. The van der Waals surface area contributed by atoms with E-state index in [0.29, 0.717) is 10.8 Å². The number of phenols is 1. The molecule has 3 aromatic carbocycles. The summed E-state index contributed by atoms with van der Waals surface area (Å²) in [6.45, 7) is 0. The molecule has 3 aromatic rings. The number of nitrogens with one attached hydrogen (secondary N) is 1. The fourth-order valence-corrected chi connectivity index (χ4v) is 4.32.